The SMILES string of the molecule is CC[C@@H](C)NC(=O)C1CCN(S(=O)(=O)Cc2ccc(Br)cc2)CC1. The maximum Gasteiger partial charge on any atom is 0.223 e. The van der Waals surface area contributed by atoms with E-state index in [0.717, 1.165) is 16.5 Å². The number of amides is 1. The van der Waals surface area contributed by atoms with Gasteiger partial charge in [0.1, 0.15) is 0 Å². The van der Waals surface area contributed by atoms with Crippen molar-refractivity contribution in [2.45, 2.75) is 44.9 Å². The first-order valence-electron chi connectivity index (χ1n) is 8.34. The summed E-state index contributed by atoms with van der Waals surface area (Å²) in [5, 5.41) is 2.99. The fourth-order valence-corrected chi connectivity index (χ4v) is 4.57. The summed E-state index contributed by atoms with van der Waals surface area (Å²) in [4.78, 5) is 12.2. The van der Waals surface area contributed by atoms with Crippen molar-refractivity contribution in [3.05, 3.63) is 34.3 Å². The van der Waals surface area contributed by atoms with Crippen molar-refractivity contribution in [1.82, 2.24) is 9.62 Å². The van der Waals surface area contributed by atoms with Gasteiger partial charge in [-0.25, -0.2) is 12.7 Å². The third-order valence-corrected chi connectivity index (χ3v) is 6.86. The number of carbonyl (C=O) groups is 1. The number of piperidine rings is 1. The highest BCUT2D eigenvalue weighted by atomic mass is 79.9. The molecule has 1 N–H and O–H groups in total. The smallest absolute Gasteiger partial charge is 0.223 e. The average molecular weight is 417 g/mol. The van der Waals surface area contributed by atoms with Gasteiger partial charge in [-0.2, -0.15) is 0 Å². The zero-order chi connectivity index (χ0) is 17.7. The van der Waals surface area contributed by atoms with Crippen LogP contribution < -0.4 is 5.32 Å². The summed E-state index contributed by atoms with van der Waals surface area (Å²) in [7, 11) is -3.34. The van der Waals surface area contributed by atoms with Crippen LogP contribution in [0.3, 0.4) is 0 Å². The highest BCUT2D eigenvalue weighted by molar-refractivity contribution is 9.10. The first-order valence-corrected chi connectivity index (χ1v) is 10.7. The molecule has 1 atom stereocenters. The van der Waals surface area contributed by atoms with Crippen molar-refractivity contribution < 1.29 is 13.2 Å². The molecule has 1 fully saturated rings. The maximum atomic E-state index is 12.6. The minimum absolute atomic E-state index is 0.00398. The summed E-state index contributed by atoms with van der Waals surface area (Å²) in [6, 6.07) is 7.48. The highest BCUT2D eigenvalue weighted by Crippen LogP contribution is 2.22. The zero-order valence-corrected chi connectivity index (χ0v) is 16.6. The number of hydrogen-bond acceptors (Lipinski definition) is 3. The summed E-state index contributed by atoms with van der Waals surface area (Å²) in [5.74, 6) is -0.0308. The van der Waals surface area contributed by atoms with Gasteiger partial charge in [-0.1, -0.05) is 35.0 Å². The summed E-state index contributed by atoms with van der Waals surface area (Å²) < 4.78 is 27.6. The molecular weight excluding hydrogens is 392 g/mol. The van der Waals surface area contributed by atoms with Gasteiger partial charge >= 0.3 is 0 Å². The number of benzene rings is 1. The first kappa shape index (κ1) is 19.4. The van der Waals surface area contributed by atoms with E-state index in [2.05, 4.69) is 21.2 Å². The van der Waals surface area contributed by atoms with E-state index < -0.39 is 10.0 Å². The Bertz CT molecular complexity index is 653. The van der Waals surface area contributed by atoms with Gasteiger partial charge < -0.3 is 5.32 Å². The van der Waals surface area contributed by atoms with Crippen LogP contribution in [-0.2, 0) is 20.6 Å². The molecular formula is C17H25BrN2O3S. The van der Waals surface area contributed by atoms with Crippen LogP contribution in [0.25, 0.3) is 0 Å². The number of halogens is 1. The van der Waals surface area contributed by atoms with Crippen LogP contribution in [0.15, 0.2) is 28.7 Å². The second-order valence-corrected chi connectivity index (χ2v) is 9.26. The number of carbonyl (C=O) groups excluding carboxylic acids is 1. The van der Waals surface area contributed by atoms with Crippen molar-refractivity contribution in [3.8, 4) is 0 Å². The van der Waals surface area contributed by atoms with E-state index >= 15 is 0 Å². The van der Waals surface area contributed by atoms with Crippen LogP contribution in [0.1, 0.15) is 38.7 Å². The Hall–Kier alpha value is -0.920. The molecule has 0 unspecified atom stereocenters. The van der Waals surface area contributed by atoms with Crippen LogP contribution in [0, 0.1) is 5.92 Å². The molecule has 1 aromatic rings. The molecule has 1 amide bonds. The summed E-state index contributed by atoms with van der Waals surface area (Å²) in [5.41, 5.74) is 0.773. The molecule has 1 heterocycles. The number of hydrogen-bond donors (Lipinski definition) is 1. The highest BCUT2D eigenvalue weighted by Gasteiger charge is 2.31. The minimum atomic E-state index is -3.34. The molecule has 0 saturated carbocycles. The Morgan fingerprint density at radius 2 is 1.88 bits per heavy atom. The van der Waals surface area contributed by atoms with Gasteiger partial charge in [0.2, 0.25) is 15.9 Å². The number of sulfonamides is 1. The predicted molar refractivity (Wildman–Crippen MR) is 99.0 cm³/mol. The summed E-state index contributed by atoms with van der Waals surface area (Å²) >= 11 is 3.35. The van der Waals surface area contributed by atoms with Crippen molar-refractivity contribution in [3.63, 3.8) is 0 Å². The van der Waals surface area contributed by atoms with E-state index in [9.17, 15) is 13.2 Å². The fraction of sp³-hybridized carbons (Fsp3) is 0.588. The van der Waals surface area contributed by atoms with Gasteiger partial charge in [-0.15, -0.1) is 0 Å². The molecule has 1 aliphatic rings. The lowest BCUT2D eigenvalue weighted by Crippen LogP contribution is -2.44. The second-order valence-electron chi connectivity index (χ2n) is 6.37. The molecule has 134 valence electrons. The first-order chi connectivity index (χ1) is 11.3. The zero-order valence-electron chi connectivity index (χ0n) is 14.2. The van der Waals surface area contributed by atoms with E-state index in [4.69, 9.17) is 0 Å². The van der Waals surface area contributed by atoms with Crippen LogP contribution >= 0.6 is 15.9 Å². The topological polar surface area (TPSA) is 66.5 Å². The maximum absolute atomic E-state index is 12.6. The van der Waals surface area contributed by atoms with Gasteiger partial charge in [0.05, 0.1) is 5.75 Å². The normalized spacial score (nSPS) is 18.3. The number of nitrogens with one attached hydrogen (secondary N) is 1. The van der Waals surface area contributed by atoms with E-state index in [1.165, 1.54) is 4.31 Å². The summed E-state index contributed by atoms with van der Waals surface area (Å²) in [6.45, 7) is 4.84. The minimum Gasteiger partial charge on any atom is -0.353 e. The van der Waals surface area contributed by atoms with Crippen LogP contribution in [0.5, 0.6) is 0 Å². The lowest BCUT2D eigenvalue weighted by Gasteiger charge is -2.31. The molecule has 1 saturated heterocycles. The standard InChI is InChI=1S/C17H25BrN2O3S/c1-3-13(2)19-17(21)15-8-10-20(11-9-15)24(22,23)12-14-4-6-16(18)7-5-14/h4-7,13,15H,3,8-12H2,1-2H3,(H,19,21)/t13-/m1/s1. The molecule has 2 rings (SSSR count). The molecule has 5 nitrogen and oxygen atoms in total. The lowest BCUT2D eigenvalue weighted by molar-refractivity contribution is -0.126. The Labute approximate surface area is 153 Å². The molecule has 0 radical (unpaired) electrons. The van der Waals surface area contributed by atoms with Gasteiger partial charge in [0, 0.05) is 29.5 Å². The second kappa shape index (κ2) is 8.45. The lowest BCUT2D eigenvalue weighted by atomic mass is 9.97. The van der Waals surface area contributed by atoms with E-state index in [1.807, 2.05) is 38.1 Å². The van der Waals surface area contributed by atoms with Gasteiger partial charge in [0.15, 0.2) is 0 Å². The largest absolute Gasteiger partial charge is 0.353 e. The van der Waals surface area contributed by atoms with E-state index in [1.54, 1.807) is 0 Å². The van der Waals surface area contributed by atoms with Gasteiger partial charge in [0.25, 0.3) is 0 Å². The Balaban J connectivity index is 1.90. The summed E-state index contributed by atoms with van der Waals surface area (Å²) in [6.07, 6.45) is 2.07. The van der Waals surface area contributed by atoms with Crippen molar-refractivity contribution >= 4 is 31.9 Å². The molecule has 1 aliphatic heterocycles. The average Bonchev–Trinajstić information content (AvgIpc) is 2.56. The molecule has 0 aromatic heterocycles. The monoisotopic (exact) mass is 416 g/mol. The molecule has 1 aromatic carbocycles. The van der Waals surface area contributed by atoms with Crippen molar-refractivity contribution in [2.75, 3.05) is 13.1 Å². The molecule has 24 heavy (non-hydrogen) atoms. The van der Waals surface area contributed by atoms with Crippen molar-refractivity contribution in [2.24, 2.45) is 5.92 Å². The molecule has 0 aliphatic carbocycles. The van der Waals surface area contributed by atoms with Crippen LogP contribution in [0.2, 0.25) is 0 Å². The van der Waals surface area contributed by atoms with Gasteiger partial charge in [-0.3, -0.25) is 4.79 Å². The third-order valence-electron chi connectivity index (χ3n) is 4.48. The van der Waals surface area contributed by atoms with Crippen LogP contribution in [0.4, 0.5) is 0 Å². The predicted octanol–water partition coefficient (Wildman–Crippen LogP) is 2.91. The fourth-order valence-electron chi connectivity index (χ4n) is 2.74. The molecule has 0 spiro atoms. The Morgan fingerprint density at radius 3 is 2.42 bits per heavy atom. The molecule has 7 heteroatoms. The van der Waals surface area contributed by atoms with Crippen LogP contribution in [-0.4, -0.2) is 37.8 Å². The Morgan fingerprint density at radius 1 is 1.29 bits per heavy atom. The van der Waals surface area contributed by atoms with Crippen molar-refractivity contribution in [1.29, 1.82) is 0 Å². The number of rotatable bonds is 6. The quantitative estimate of drug-likeness (QED) is 0.774. The number of nitrogens with zero attached hydrogens (tertiary/aromatic N) is 1. The van der Waals surface area contributed by atoms with Gasteiger partial charge in [-0.05, 0) is 43.9 Å². The molecule has 0 bridgehead atoms. The third kappa shape index (κ3) is 5.29. The Kier molecular flexibility index (Phi) is 6.83. The van der Waals surface area contributed by atoms with E-state index in [0.29, 0.717) is 25.9 Å². The van der Waals surface area contributed by atoms with E-state index in [-0.39, 0.29) is 23.6 Å².